The summed E-state index contributed by atoms with van der Waals surface area (Å²) in [5.74, 6) is -0.0973. The number of hydrogen-bond acceptors (Lipinski definition) is 4. The average Bonchev–Trinajstić information content (AvgIpc) is 2.66. The molecule has 1 unspecified atom stereocenters. The molecule has 3 heterocycles. The molecule has 26 heavy (non-hydrogen) atoms. The first-order valence-electron chi connectivity index (χ1n) is 9.21. The molecule has 2 aliphatic heterocycles. The van der Waals surface area contributed by atoms with E-state index in [1.54, 1.807) is 30.7 Å². The minimum atomic E-state index is -0.340. The number of halogens is 1. The summed E-state index contributed by atoms with van der Waals surface area (Å²) >= 11 is 0. The first kappa shape index (κ1) is 17.1. The molecule has 2 saturated heterocycles. The number of anilines is 1. The van der Waals surface area contributed by atoms with Crippen molar-refractivity contribution in [3.63, 3.8) is 0 Å². The number of benzene rings is 1. The molecule has 1 spiro atoms. The van der Waals surface area contributed by atoms with Crippen molar-refractivity contribution in [2.45, 2.75) is 32.2 Å². The molecule has 0 radical (unpaired) electrons. The Hall–Kier alpha value is -2.34. The van der Waals surface area contributed by atoms with E-state index in [0.29, 0.717) is 6.54 Å². The Morgan fingerprint density at radius 2 is 1.85 bits per heavy atom. The second kappa shape index (κ2) is 7.11. The highest BCUT2D eigenvalue weighted by Gasteiger charge is 2.46. The van der Waals surface area contributed by atoms with Gasteiger partial charge in [0, 0.05) is 43.9 Å². The summed E-state index contributed by atoms with van der Waals surface area (Å²) in [5.41, 5.74) is 1.39. The Labute approximate surface area is 152 Å². The van der Waals surface area contributed by atoms with Gasteiger partial charge in [0.1, 0.15) is 5.82 Å². The Balaban J connectivity index is 1.52. The standard InChI is InChI=1S/C20H23FN4O/c21-16-3-5-18(6-4-16)25-12-2-8-20(19(25)26)7-1-11-24(15-20)14-17-13-22-9-10-23-17/h3-6,9-10,13H,1-2,7-8,11-12,14-15H2. The van der Waals surface area contributed by atoms with Gasteiger partial charge in [-0.3, -0.25) is 19.7 Å². The highest BCUT2D eigenvalue weighted by Crippen LogP contribution is 2.41. The van der Waals surface area contributed by atoms with Gasteiger partial charge < -0.3 is 4.90 Å². The van der Waals surface area contributed by atoms with Crippen molar-refractivity contribution >= 4 is 11.6 Å². The highest BCUT2D eigenvalue weighted by atomic mass is 19.1. The van der Waals surface area contributed by atoms with Crippen molar-refractivity contribution in [1.29, 1.82) is 0 Å². The van der Waals surface area contributed by atoms with Crippen LogP contribution < -0.4 is 4.90 Å². The molecule has 136 valence electrons. The fourth-order valence-corrected chi connectivity index (χ4v) is 4.32. The van der Waals surface area contributed by atoms with Gasteiger partial charge in [-0.1, -0.05) is 0 Å². The number of amides is 1. The van der Waals surface area contributed by atoms with E-state index >= 15 is 0 Å². The number of hydrogen-bond donors (Lipinski definition) is 0. The molecule has 2 aromatic rings. The van der Waals surface area contributed by atoms with Crippen molar-refractivity contribution in [3.8, 4) is 0 Å². The summed E-state index contributed by atoms with van der Waals surface area (Å²) < 4.78 is 13.2. The number of aromatic nitrogens is 2. The van der Waals surface area contributed by atoms with Gasteiger partial charge in [0.15, 0.2) is 0 Å². The maximum atomic E-state index is 13.4. The molecule has 0 bridgehead atoms. The number of rotatable bonds is 3. The van der Waals surface area contributed by atoms with Crippen LogP contribution in [0.1, 0.15) is 31.4 Å². The molecule has 1 aromatic carbocycles. The van der Waals surface area contributed by atoms with Crippen LogP contribution in [0.25, 0.3) is 0 Å². The van der Waals surface area contributed by atoms with Gasteiger partial charge >= 0.3 is 0 Å². The molecular formula is C20H23FN4O. The van der Waals surface area contributed by atoms with E-state index in [0.717, 1.165) is 56.7 Å². The van der Waals surface area contributed by atoms with Crippen LogP contribution in [-0.4, -0.2) is 40.4 Å². The third-order valence-electron chi connectivity index (χ3n) is 5.53. The summed E-state index contributed by atoms with van der Waals surface area (Å²) in [6.45, 7) is 3.15. The van der Waals surface area contributed by atoms with Crippen molar-refractivity contribution in [1.82, 2.24) is 14.9 Å². The summed E-state index contributed by atoms with van der Waals surface area (Å²) in [6, 6.07) is 6.25. The lowest BCUT2D eigenvalue weighted by Gasteiger charge is -2.47. The van der Waals surface area contributed by atoms with Crippen molar-refractivity contribution < 1.29 is 9.18 Å². The van der Waals surface area contributed by atoms with Crippen molar-refractivity contribution in [3.05, 3.63) is 54.4 Å². The molecule has 2 fully saturated rings. The predicted molar refractivity (Wildman–Crippen MR) is 97.0 cm³/mol. The van der Waals surface area contributed by atoms with Crippen LogP contribution in [0.2, 0.25) is 0 Å². The van der Waals surface area contributed by atoms with Crippen LogP contribution in [0.15, 0.2) is 42.9 Å². The lowest BCUT2D eigenvalue weighted by molar-refractivity contribution is -0.134. The molecular weight excluding hydrogens is 331 g/mol. The zero-order valence-corrected chi connectivity index (χ0v) is 14.8. The SMILES string of the molecule is O=C1N(c2ccc(F)cc2)CCCC12CCCN(Cc1cnccn1)C2. The zero-order chi connectivity index (χ0) is 18.0. The minimum absolute atomic E-state index is 0.180. The van der Waals surface area contributed by atoms with Gasteiger partial charge in [0.25, 0.3) is 0 Å². The van der Waals surface area contributed by atoms with Gasteiger partial charge in [-0.2, -0.15) is 0 Å². The molecule has 1 atom stereocenters. The summed E-state index contributed by atoms with van der Waals surface area (Å²) in [5, 5.41) is 0. The molecule has 0 aliphatic carbocycles. The second-order valence-electron chi connectivity index (χ2n) is 7.33. The lowest BCUT2D eigenvalue weighted by atomic mass is 9.72. The Morgan fingerprint density at radius 1 is 1.08 bits per heavy atom. The smallest absolute Gasteiger partial charge is 0.234 e. The van der Waals surface area contributed by atoms with Crippen LogP contribution >= 0.6 is 0 Å². The molecule has 5 nitrogen and oxygen atoms in total. The molecule has 0 N–H and O–H groups in total. The first-order valence-corrected chi connectivity index (χ1v) is 9.21. The second-order valence-corrected chi connectivity index (χ2v) is 7.33. The summed E-state index contributed by atoms with van der Waals surface area (Å²) in [6.07, 6.45) is 8.98. The first-order chi connectivity index (χ1) is 12.7. The fourth-order valence-electron chi connectivity index (χ4n) is 4.32. The van der Waals surface area contributed by atoms with Crippen molar-refractivity contribution in [2.24, 2.45) is 5.41 Å². The minimum Gasteiger partial charge on any atom is -0.312 e. The van der Waals surface area contributed by atoms with E-state index in [2.05, 4.69) is 14.9 Å². The third-order valence-corrected chi connectivity index (χ3v) is 5.53. The maximum absolute atomic E-state index is 13.4. The molecule has 2 aliphatic rings. The van der Waals surface area contributed by atoms with Crippen LogP contribution in [-0.2, 0) is 11.3 Å². The normalized spacial score (nSPS) is 24.2. The molecule has 0 saturated carbocycles. The third kappa shape index (κ3) is 3.33. The van der Waals surface area contributed by atoms with Gasteiger partial charge in [-0.05, 0) is 56.5 Å². The van der Waals surface area contributed by atoms with Crippen LogP contribution in [0.4, 0.5) is 10.1 Å². The average molecular weight is 354 g/mol. The number of piperidine rings is 2. The fraction of sp³-hybridized carbons (Fsp3) is 0.450. The number of nitrogens with zero attached hydrogens (tertiary/aromatic N) is 4. The topological polar surface area (TPSA) is 49.3 Å². The quantitative estimate of drug-likeness (QED) is 0.850. The Kier molecular flexibility index (Phi) is 4.68. The number of carbonyl (C=O) groups is 1. The summed E-state index contributed by atoms with van der Waals surface area (Å²) in [4.78, 5) is 26.0. The molecule has 4 rings (SSSR count). The number of likely N-dealkylation sites (tertiary alicyclic amines) is 1. The Morgan fingerprint density at radius 3 is 2.58 bits per heavy atom. The lowest BCUT2D eigenvalue weighted by Crippen LogP contribution is -2.56. The maximum Gasteiger partial charge on any atom is 0.234 e. The summed E-state index contributed by atoms with van der Waals surface area (Å²) in [7, 11) is 0. The monoisotopic (exact) mass is 354 g/mol. The van der Waals surface area contributed by atoms with E-state index in [1.807, 2.05) is 4.90 Å². The molecule has 6 heteroatoms. The molecule has 1 aromatic heterocycles. The van der Waals surface area contributed by atoms with Crippen LogP contribution in [0.3, 0.4) is 0 Å². The largest absolute Gasteiger partial charge is 0.312 e. The van der Waals surface area contributed by atoms with Gasteiger partial charge in [0.2, 0.25) is 5.91 Å². The van der Waals surface area contributed by atoms with Crippen LogP contribution in [0.5, 0.6) is 0 Å². The van der Waals surface area contributed by atoms with Gasteiger partial charge in [-0.25, -0.2) is 4.39 Å². The van der Waals surface area contributed by atoms with E-state index in [-0.39, 0.29) is 17.1 Å². The van der Waals surface area contributed by atoms with Crippen molar-refractivity contribution in [2.75, 3.05) is 24.5 Å². The molecule has 1 amide bonds. The zero-order valence-electron chi connectivity index (χ0n) is 14.8. The van der Waals surface area contributed by atoms with E-state index in [1.165, 1.54) is 12.1 Å². The number of carbonyl (C=O) groups excluding carboxylic acids is 1. The van der Waals surface area contributed by atoms with E-state index < -0.39 is 0 Å². The van der Waals surface area contributed by atoms with E-state index in [4.69, 9.17) is 0 Å². The highest BCUT2D eigenvalue weighted by molar-refractivity contribution is 5.98. The Bertz CT molecular complexity index is 763. The van der Waals surface area contributed by atoms with E-state index in [9.17, 15) is 9.18 Å². The predicted octanol–water partition coefficient (Wildman–Crippen LogP) is 3.02. The van der Waals surface area contributed by atoms with Gasteiger partial charge in [-0.15, -0.1) is 0 Å². The van der Waals surface area contributed by atoms with Crippen LogP contribution in [0, 0.1) is 11.2 Å². The van der Waals surface area contributed by atoms with Gasteiger partial charge in [0.05, 0.1) is 11.1 Å².